The summed E-state index contributed by atoms with van der Waals surface area (Å²) in [5.74, 6) is 2.70. The van der Waals surface area contributed by atoms with E-state index in [1.165, 1.54) is 37.0 Å². The Hall–Kier alpha value is -1.77. The van der Waals surface area contributed by atoms with Gasteiger partial charge in [-0.25, -0.2) is 4.39 Å². The largest absolute Gasteiger partial charge is 0.299 e. The van der Waals surface area contributed by atoms with Gasteiger partial charge in [0.2, 0.25) is 0 Å². The zero-order valence-corrected chi connectivity index (χ0v) is 19.0. The first-order chi connectivity index (χ1) is 14.8. The summed E-state index contributed by atoms with van der Waals surface area (Å²) in [4.78, 5) is 25.3. The average molecular weight is 423 g/mol. The van der Waals surface area contributed by atoms with Crippen molar-refractivity contribution in [3.8, 4) is 0 Å². The van der Waals surface area contributed by atoms with Gasteiger partial charge in [0.25, 0.3) is 0 Å². The van der Waals surface area contributed by atoms with E-state index in [0.717, 1.165) is 31.2 Å². The van der Waals surface area contributed by atoms with Gasteiger partial charge in [0.05, 0.1) is 0 Å². The van der Waals surface area contributed by atoms with Crippen molar-refractivity contribution in [2.24, 2.45) is 34.5 Å². The Bertz CT molecular complexity index is 915. The summed E-state index contributed by atoms with van der Waals surface area (Å²) in [5, 5.41) is 0. The molecule has 0 saturated heterocycles. The summed E-state index contributed by atoms with van der Waals surface area (Å²) in [5.41, 5.74) is 2.79. The molecule has 0 spiro atoms. The van der Waals surface area contributed by atoms with E-state index in [1.807, 2.05) is 6.08 Å². The number of halogens is 1. The third-order valence-electron chi connectivity index (χ3n) is 9.92. The van der Waals surface area contributed by atoms with E-state index in [-0.39, 0.29) is 22.6 Å². The molecule has 0 N–H and O–H groups in total. The number of rotatable bonds is 4. The first kappa shape index (κ1) is 21.1. The first-order valence-electron chi connectivity index (χ1n) is 12.3. The summed E-state index contributed by atoms with van der Waals surface area (Å²) in [7, 11) is 0. The zero-order valence-electron chi connectivity index (χ0n) is 19.0. The van der Waals surface area contributed by atoms with E-state index in [2.05, 4.69) is 13.8 Å². The molecule has 0 aliphatic heterocycles. The van der Waals surface area contributed by atoms with E-state index in [0.29, 0.717) is 48.6 Å². The van der Waals surface area contributed by atoms with E-state index < -0.39 is 0 Å². The monoisotopic (exact) mass is 422 g/mol. The van der Waals surface area contributed by atoms with Gasteiger partial charge in [-0.3, -0.25) is 9.59 Å². The predicted octanol–water partition coefficient (Wildman–Crippen LogP) is 6.48. The van der Waals surface area contributed by atoms with Crippen LogP contribution in [-0.4, -0.2) is 11.6 Å². The maximum absolute atomic E-state index is 13.3. The topological polar surface area (TPSA) is 34.1 Å². The number of carbonyl (C=O) groups excluding carboxylic acids is 2. The van der Waals surface area contributed by atoms with E-state index in [1.54, 1.807) is 12.1 Å². The maximum atomic E-state index is 13.3. The van der Waals surface area contributed by atoms with E-state index in [9.17, 15) is 14.0 Å². The lowest BCUT2D eigenvalue weighted by Gasteiger charge is -2.58. The molecule has 0 bridgehead atoms. The number of fused-ring (bicyclic) bond motifs is 5. The normalized spacial score (nSPS) is 39.3. The van der Waals surface area contributed by atoms with Gasteiger partial charge in [-0.05, 0) is 104 Å². The highest BCUT2D eigenvalue weighted by molar-refractivity contribution is 5.91. The first-order valence-corrected chi connectivity index (χ1v) is 12.3. The van der Waals surface area contributed by atoms with Crippen LogP contribution in [0.1, 0.15) is 77.2 Å². The molecule has 0 radical (unpaired) electrons. The van der Waals surface area contributed by atoms with Crippen LogP contribution in [0.2, 0.25) is 0 Å². The van der Waals surface area contributed by atoms with E-state index in [4.69, 9.17) is 0 Å². The summed E-state index contributed by atoms with van der Waals surface area (Å²) in [6.07, 6.45) is 11.8. The molecule has 4 aliphatic carbocycles. The van der Waals surface area contributed by atoms with Crippen molar-refractivity contribution in [1.82, 2.24) is 0 Å². The number of ketones is 2. The molecular weight excluding hydrogens is 387 g/mol. The van der Waals surface area contributed by atoms with Gasteiger partial charge >= 0.3 is 0 Å². The van der Waals surface area contributed by atoms with Crippen LogP contribution in [0, 0.1) is 40.3 Å². The number of aryl methyl sites for hydroxylation is 1. The van der Waals surface area contributed by atoms with Crippen molar-refractivity contribution in [2.75, 3.05) is 0 Å². The molecular formula is C28H35FO2. The highest BCUT2D eigenvalue weighted by Gasteiger charge is 2.59. The van der Waals surface area contributed by atoms with Crippen LogP contribution < -0.4 is 0 Å². The number of Topliss-reactive ketones (excluding diaryl/α,β-unsaturated/α-hetero) is 1. The van der Waals surface area contributed by atoms with Gasteiger partial charge in [-0.15, -0.1) is 0 Å². The minimum absolute atomic E-state index is 0.128. The quantitative estimate of drug-likeness (QED) is 0.557. The van der Waals surface area contributed by atoms with Gasteiger partial charge in [0, 0.05) is 18.8 Å². The van der Waals surface area contributed by atoms with Gasteiger partial charge in [0.1, 0.15) is 11.6 Å². The fourth-order valence-electron chi connectivity index (χ4n) is 8.18. The number of hydrogen-bond donors (Lipinski definition) is 0. The Morgan fingerprint density at radius 3 is 2.55 bits per heavy atom. The third-order valence-corrected chi connectivity index (χ3v) is 9.92. The van der Waals surface area contributed by atoms with Crippen LogP contribution in [0.4, 0.5) is 4.39 Å². The molecule has 3 saturated carbocycles. The highest BCUT2D eigenvalue weighted by atomic mass is 19.1. The fourth-order valence-corrected chi connectivity index (χ4v) is 8.18. The molecule has 0 unspecified atom stereocenters. The standard InChI is InChI=1S/C28H35FO2/c1-27-15-13-21(30)17-19(27)6-9-22-23-10-11-25(28(23,2)16-14-24(22)27)26(31)12-5-18-3-7-20(29)8-4-18/h3-4,7-8,17,22-25H,5-6,9-16H2,1-2H3/t22-,23-,24-,25+,27-,28-/m0/s1. The van der Waals surface area contributed by atoms with Crippen molar-refractivity contribution in [2.45, 2.75) is 78.1 Å². The summed E-state index contributed by atoms with van der Waals surface area (Å²) in [6, 6.07) is 6.57. The molecule has 0 heterocycles. The molecule has 2 nitrogen and oxygen atoms in total. The number of carbonyl (C=O) groups is 2. The average Bonchev–Trinajstić information content (AvgIpc) is 3.11. The number of benzene rings is 1. The third kappa shape index (κ3) is 3.43. The Kier molecular flexibility index (Phi) is 5.22. The van der Waals surface area contributed by atoms with Gasteiger partial charge < -0.3 is 0 Å². The van der Waals surface area contributed by atoms with Crippen LogP contribution in [0.25, 0.3) is 0 Å². The molecule has 3 fully saturated rings. The second kappa shape index (κ2) is 7.67. The minimum atomic E-state index is -0.223. The molecule has 4 aliphatic rings. The highest BCUT2D eigenvalue weighted by Crippen LogP contribution is 2.66. The maximum Gasteiger partial charge on any atom is 0.155 e. The van der Waals surface area contributed by atoms with Crippen LogP contribution >= 0.6 is 0 Å². The molecule has 1 aromatic carbocycles. The number of hydrogen-bond acceptors (Lipinski definition) is 2. The van der Waals surface area contributed by atoms with Crippen molar-refractivity contribution < 1.29 is 14.0 Å². The Morgan fingerprint density at radius 2 is 1.77 bits per heavy atom. The van der Waals surface area contributed by atoms with Crippen LogP contribution in [0.15, 0.2) is 35.9 Å². The summed E-state index contributed by atoms with van der Waals surface area (Å²) in [6.45, 7) is 4.82. The Balaban J connectivity index is 1.31. The van der Waals surface area contributed by atoms with Crippen molar-refractivity contribution in [3.05, 3.63) is 47.3 Å². The summed E-state index contributed by atoms with van der Waals surface area (Å²) >= 11 is 0. The molecule has 6 atom stereocenters. The molecule has 0 aromatic heterocycles. The van der Waals surface area contributed by atoms with Crippen LogP contribution in [-0.2, 0) is 16.0 Å². The second-order valence-corrected chi connectivity index (χ2v) is 11.2. The Morgan fingerprint density at radius 1 is 1.00 bits per heavy atom. The zero-order chi connectivity index (χ0) is 21.8. The molecule has 3 heteroatoms. The van der Waals surface area contributed by atoms with Crippen LogP contribution in [0.3, 0.4) is 0 Å². The summed E-state index contributed by atoms with van der Waals surface area (Å²) < 4.78 is 13.2. The molecule has 166 valence electrons. The lowest BCUT2D eigenvalue weighted by molar-refractivity contribution is -0.130. The van der Waals surface area contributed by atoms with Gasteiger partial charge in [-0.2, -0.15) is 0 Å². The van der Waals surface area contributed by atoms with Gasteiger partial charge in [0.15, 0.2) is 5.78 Å². The number of allylic oxidation sites excluding steroid dienone is 1. The Labute approximate surface area is 185 Å². The van der Waals surface area contributed by atoms with E-state index >= 15 is 0 Å². The predicted molar refractivity (Wildman–Crippen MR) is 120 cm³/mol. The fraction of sp³-hybridized carbons (Fsp3) is 0.643. The lowest BCUT2D eigenvalue weighted by Crippen LogP contribution is -2.51. The molecule has 1 aromatic rings. The van der Waals surface area contributed by atoms with Crippen molar-refractivity contribution >= 4 is 11.6 Å². The smallest absolute Gasteiger partial charge is 0.155 e. The van der Waals surface area contributed by atoms with Crippen LogP contribution in [0.5, 0.6) is 0 Å². The minimum Gasteiger partial charge on any atom is -0.299 e. The SMILES string of the molecule is C[C@]12CC[C@H]3[C@@H](CCC4=CC(=O)CC[C@@]43C)[C@@H]1CC[C@@H]2C(=O)CCc1ccc(F)cc1. The molecule has 5 rings (SSSR count). The van der Waals surface area contributed by atoms with Crippen molar-refractivity contribution in [1.29, 1.82) is 0 Å². The molecule has 31 heavy (non-hydrogen) atoms. The van der Waals surface area contributed by atoms with Crippen molar-refractivity contribution in [3.63, 3.8) is 0 Å². The second-order valence-electron chi connectivity index (χ2n) is 11.2. The molecule has 0 amide bonds. The van der Waals surface area contributed by atoms with Gasteiger partial charge in [-0.1, -0.05) is 31.6 Å². The lowest BCUT2D eigenvalue weighted by atomic mass is 9.46.